The summed E-state index contributed by atoms with van der Waals surface area (Å²) in [7, 11) is -0.763. The lowest BCUT2D eigenvalue weighted by molar-refractivity contribution is -0.187. The van der Waals surface area contributed by atoms with Crippen LogP contribution in [0.25, 0.3) is 0 Å². The summed E-state index contributed by atoms with van der Waals surface area (Å²) < 4.78 is 28.8. The Morgan fingerprint density at radius 3 is 2.52 bits per heavy atom. The zero-order valence-corrected chi connectivity index (χ0v) is 16.5. The van der Waals surface area contributed by atoms with Crippen LogP contribution in [0.2, 0.25) is 0 Å². The number of hydrogen-bond acceptors (Lipinski definition) is 5. The smallest absolute Gasteiger partial charge is 0.255 e. The molecule has 2 rings (SSSR count). The van der Waals surface area contributed by atoms with Gasteiger partial charge in [-0.05, 0) is 46.5 Å². The summed E-state index contributed by atoms with van der Waals surface area (Å²) in [5.41, 5.74) is 0. The van der Waals surface area contributed by atoms with E-state index in [9.17, 15) is 4.21 Å². The van der Waals surface area contributed by atoms with Gasteiger partial charge in [0.1, 0.15) is 6.26 Å². The predicted octanol–water partition coefficient (Wildman–Crippen LogP) is 4.32. The summed E-state index contributed by atoms with van der Waals surface area (Å²) in [6, 6.07) is 0. The van der Waals surface area contributed by atoms with Crippen molar-refractivity contribution >= 4 is 10.8 Å². The van der Waals surface area contributed by atoms with E-state index < -0.39 is 16.6 Å². The minimum Gasteiger partial charge on any atom is -0.444 e. The number of aromatic nitrogens is 1. The highest BCUT2D eigenvalue weighted by atomic mass is 32.2. The lowest BCUT2D eigenvalue weighted by atomic mass is 10.1. The van der Waals surface area contributed by atoms with Crippen LogP contribution in [-0.2, 0) is 26.1 Å². The summed E-state index contributed by atoms with van der Waals surface area (Å²) in [5.74, 6) is 0.487. The van der Waals surface area contributed by atoms with E-state index in [1.807, 2.05) is 20.8 Å². The normalized spacial score (nSPS) is 18.8. The number of rotatable bonds is 10. The van der Waals surface area contributed by atoms with Gasteiger partial charge in [0.15, 0.2) is 0 Å². The molecule has 1 saturated heterocycles. The monoisotopic (exact) mass is 369 g/mol. The van der Waals surface area contributed by atoms with E-state index in [2.05, 4.69) is 17.1 Å². The van der Waals surface area contributed by atoms with Crippen LogP contribution in [0, 0.1) is 0 Å². The molecular weight excluding hydrogens is 338 g/mol. The molecule has 6 heteroatoms. The van der Waals surface area contributed by atoms with Crippen molar-refractivity contribution < 1.29 is 18.1 Å². The average Bonchev–Trinajstić information content (AvgIpc) is 3.24. The highest BCUT2D eigenvalue weighted by Gasteiger charge is 2.42. The van der Waals surface area contributed by atoms with E-state index in [4.69, 9.17) is 13.9 Å². The molecule has 1 aliphatic heterocycles. The second kappa shape index (κ2) is 9.64. The van der Waals surface area contributed by atoms with E-state index in [-0.39, 0.29) is 4.75 Å². The van der Waals surface area contributed by atoms with Crippen molar-refractivity contribution in [3.63, 3.8) is 0 Å². The first-order valence-electron chi connectivity index (χ1n) is 9.15. The predicted molar refractivity (Wildman–Crippen MR) is 99.7 cm³/mol. The van der Waals surface area contributed by atoms with E-state index in [0.29, 0.717) is 19.1 Å². The second-order valence-corrected chi connectivity index (χ2v) is 9.63. The van der Waals surface area contributed by atoms with Crippen LogP contribution in [0.15, 0.2) is 29.0 Å². The fourth-order valence-electron chi connectivity index (χ4n) is 2.75. The van der Waals surface area contributed by atoms with Gasteiger partial charge in [-0.25, -0.2) is 4.98 Å². The Kier molecular flexibility index (Phi) is 7.84. The Morgan fingerprint density at radius 1 is 1.16 bits per heavy atom. The molecule has 5 nitrogen and oxygen atoms in total. The fourth-order valence-corrected chi connectivity index (χ4v) is 3.72. The van der Waals surface area contributed by atoms with Gasteiger partial charge in [0.05, 0.1) is 19.4 Å². The first kappa shape index (κ1) is 20.3. The highest BCUT2D eigenvalue weighted by molar-refractivity contribution is 7.86. The standard InChI is InChI=1S/C19H31NO4S/c1-18(2,3)25(21)16-10-8-6-4-5-7-9-11-19(23-14-15-24-19)17-20-12-13-22-17/h6,8,12-13H,4-5,7,9-11,14-16H2,1-3H3/b8-6+/t25-/m0/s1. The van der Waals surface area contributed by atoms with Gasteiger partial charge in [0, 0.05) is 27.7 Å². The van der Waals surface area contributed by atoms with Crippen molar-refractivity contribution in [1.82, 2.24) is 4.98 Å². The molecule has 2 heterocycles. The Bertz CT molecular complexity index is 542. The van der Waals surface area contributed by atoms with E-state index >= 15 is 0 Å². The van der Waals surface area contributed by atoms with Gasteiger partial charge in [-0.3, -0.25) is 4.21 Å². The summed E-state index contributed by atoms with van der Waals surface area (Å²) in [5, 5.41) is 0. The summed E-state index contributed by atoms with van der Waals surface area (Å²) in [6.07, 6.45) is 13.5. The molecule has 142 valence electrons. The Labute approximate surface area is 153 Å². The third-order valence-corrected chi connectivity index (χ3v) is 6.18. The molecule has 0 radical (unpaired) electrons. The summed E-state index contributed by atoms with van der Waals surface area (Å²) in [4.78, 5) is 4.20. The quantitative estimate of drug-likeness (QED) is 0.454. The van der Waals surface area contributed by atoms with Gasteiger partial charge < -0.3 is 13.9 Å². The van der Waals surface area contributed by atoms with Crippen LogP contribution in [0.4, 0.5) is 0 Å². The van der Waals surface area contributed by atoms with E-state index in [0.717, 1.165) is 44.3 Å². The molecule has 0 bridgehead atoms. The first-order chi connectivity index (χ1) is 11.9. The van der Waals surface area contributed by atoms with Gasteiger partial charge in [-0.15, -0.1) is 0 Å². The zero-order chi connectivity index (χ0) is 18.2. The molecule has 1 fully saturated rings. The molecule has 25 heavy (non-hydrogen) atoms. The molecule has 1 aromatic heterocycles. The van der Waals surface area contributed by atoms with Crippen LogP contribution < -0.4 is 0 Å². The molecule has 0 unspecified atom stereocenters. The van der Waals surface area contributed by atoms with Crippen LogP contribution in [-0.4, -0.2) is 32.9 Å². The van der Waals surface area contributed by atoms with Gasteiger partial charge in [0.2, 0.25) is 5.79 Å². The SMILES string of the molecule is CC(C)(C)[S@@](=O)CC/C=C/CCCCCC1(c2ncco2)OCCO1. The maximum Gasteiger partial charge on any atom is 0.255 e. The van der Waals surface area contributed by atoms with Gasteiger partial charge >= 0.3 is 0 Å². The number of nitrogens with zero attached hydrogens (tertiary/aromatic N) is 1. The van der Waals surface area contributed by atoms with Crippen molar-refractivity contribution in [1.29, 1.82) is 0 Å². The van der Waals surface area contributed by atoms with Crippen molar-refractivity contribution in [2.75, 3.05) is 19.0 Å². The lowest BCUT2D eigenvalue weighted by Gasteiger charge is -2.23. The third-order valence-electron chi connectivity index (χ3n) is 4.21. The number of ether oxygens (including phenoxy) is 2. The molecule has 1 aliphatic rings. The topological polar surface area (TPSA) is 61.6 Å². The average molecular weight is 370 g/mol. The summed E-state index contributed by atoms with van der Waals surface area (Å²) in [6.45, 7) is 7.24. The fraction of sp³-hybridized carbons (Fsp3) is 0.737. The molecule has 0 saturated carbocycles. The van der Waals surface area contributed by atoms with Gasteiger partial charge in [0.25, 0.3) is 5.89 Å². The highest BCUT2D eigenvalue weighted by Crippen LogP contribution is 2.35. The maximum atomic E-state index is 11.9. The van der Waals surface area contributed by atoms with Crippen LogP contribution >= 0.6 is 0 Å². The van der Waals surface area contributed by atoms with Crippen molar-refractivity contribution in [2.45, 2.75) is 69.8 Å². The van der Waals surface area contributed by atoms with Crippen LogP contribution in [0.3, 0.4) is 0 Å². The Morgan fingerprint density at radius 2 is 1.88 bits per heavy atom. The molecule has 0 amide bonds. The van der Waals surface area contributed by atoms with Crippen LogP contribution in [0.5, 0.6) is 0 Å². The Balaban J connectivity index is 1.59. The van der Waals surface area contributed by atoms with E-state index in [1.165, 1.54) is 0 Å². The second-order valence-electron chi connectivity index (χ2n) is 7.31. The first-order valence-corrected chi connectivity index (χ1v) is 10.5. The number of allylic oxidation sites excluding steroid dienone is 2. The van der Waals surface area contributed by atoms with Gasteiger partial charge in [-0.2, -0.15) is 0 Å². The third kappa shape index (κ3) is 6.35. The molecule has 0 spiro atoms. The molecule has 1 atom stereocenters. The lowest BCUT2D eigenvalue weighted by Crippen LogP contribution is -2.27. The minimum atomic E-state index is -0.781. The van der Waals surface area contributed by atoms with Crippen molar-refractivity contribution in [2.24, 2.45) is 0 Å². The number of unbranched alkanes of at least 4 members (excludes halogenated alkanes) is 3. The largest absolute Gasteiger partial charge is 0.444 e. The van der Waals surface area contributed by atoms with Gasteiger partial charge in [-0.1, -0.05) is 18.6 Å². The number of hydrogen-bond donors (Lipinski definition) is 0. The molecule has 0 N–H and O–H groups in total. The maximum absolute atomic E-state index is 11.9. The summed E-state index contributed by atoms with van der Waals surface area (Å²) >= 11 is 0. The molecular formula is C19H31NO4S. The zero-order valence-electron chi connectivity index (χ0n) is 15.7. The molecule has 0 aliphatic carbocycles. The Hall–Kier alpha value is -0.980. The number of oxazole rings is 1. The minimum absolute atomic E-state index is 0.114. The van der Waals surface area contributed by atoms with E-state index in [1.54, 1.807) is 12.5 Å². The van der Waals surface area contributed by atoms with Crippen molar-refractivity contribution in [3.05, 3.63) is 30.5 Å². The van der Waals surface area contributed by atoms with Crippen LogP contribution in [0.1, 0.15) is 65.2 Å². The molecule has 0 aromatic carbocycles. The molecule has 1 aromatic rings. The van der Waals surface area contributed by atoms with Crippen molar-refractivity contribution in [3.8, 4) is 0 Å².